The van der Waals surface area contributed by atoms with Crippen LogP contribution in [0.3, 0.4) is 0 Å². The Morgan fingerprint density at radius 3 is 2.81 bits per heavy atom. The highest BCUT2D eigenvalue weighted by Crippen LogP contribution is 2.27. The number of aromatic nitrogens is 1. The van der Waals surface area contributed by atoms with Crippen molar-refractivity contribution < 1.29 is 9.32 Å². The molecule has 2 aliphatic rings. The molecule has 0 aliphatic carbocycles. The van der Waals surface area contributed by atoms with Crippen molar-refractivity contribution in [3.8, 4) is 0 Å². The molecule has 1 amide bonds. The van der Waals surface area contributed by atoms with E-state index in [2.05, 4.69) is 33.6 Å². The topological polar surface area (TPSA) is 61.6 Å². The molecule has 31 heavy (non-hydrogen) atoms. The van der Waals surface area contributed by atoms with E-state index in [9.17, 15) is 4.79 Å². The van der Waals surface area contributed by atoms with Gasteiger partial charge in [-0.15, -0.1) is 0 Å². The van der Waals surface area contributed by atoms with Crippen LogP contribution in [0.2, 0.25) is 0 Å². The minimum atomic E-state index is 0.228. The summed E-state index contributed by atoms with van der Waals surface area (Å²) < 4.78 is 5.64. The summed E-state index contributed by atoms with van der Waals surface area (Å²) in [6.45, 7) is 5.76. The van der Waals surface area contributed by atoms with E-state index < -0.39 is 0 Å². The highest BCUT2D eigenvalue weighted by molar-refractivity contribution is 5.76. The van der Waals surface area contributed by atoms with Crippen LogP contribution in [0, 0.1) is 11.8 Å². The molecule has 0 bridgehead atoms. The van der Waals surface area contributed by atoms with Gasteiger partial charge in [-0.25, -0.2) is 0 Å². The Morgan fingerprint density at radius 2 is 2.00 bits per heavy atom. The maximum atomic E-state index is 12.9. The van der Waals surface area contributed by atoms with Gasteiger partial charge in [-0.1, -0.05) is 41.9 Å². The summed E-state index contributed by atoms with van der Waals surface area (Å²) in [6, 6.07) is 12.3. The molecule has 0 unspecified atom stereocenters. The molecular formula is C25H36N4O2. The molecule has 3 heterocycles. The number of carbonyl (C=O) groups is 1. The zero-order valence-electron chi connectivity index (χ0n) is 18.8. The van der Waals surface area contributed by atoms with E-state index in [1.165, 1.54) is 24.8 Å². The molecule has 2 aliphatic heterocycles. The highest BCUT2D eigenvalue weighted by Gasteiger charge is 2.29. The van der Waals surface area contributed by atoms with E-state index >= 15 is 0 Å². The summed E-state index contributed by atoms with van der Waals surface area (Å²) in [5, 5.41) is 7.86. The van der Waals surface area contributed by atoms with Crippen molar-refractivity contribution in [2.24, 2.45) is 11.8 Å². The minimum Gasteiger partial charge on any atom is -0.360 e. The normalized spacial score (nSPS) is 22.4. The van der Waals surface area contributed by atoms with E-state index in [1.807, 2.05) is 30.1 Å². The fraction of sp³-hybridized carbons (Fsp3) is 0.600. The van der Waals surface area contributed by atoms with Crippen LogP contribution in [-0.2, 0) is 24.3 Å². The van der Waals surface area contributed by atoms with Crippen molar-refractivity contribution in [2.45, 2.75) is 51.6 Å². The number of carbonyl (C=O) groups excluding carboxylic acids is 1. The van der Waals surface area contributed by atoms with Crippen LogP contribution in [0.4, 0.5) is 0 Å². The Labute approximate surface area is 186 Å². The van der Waals surface area contributed by atoms with Crippen LogP contribution < -0.4 is 5.32 Å². The van der Waals surface area contributed by atoms with Crippen molar-refractivity contribution in [2.75, 3.05) is 33.2 Å². The second kappa shape index (κ2) is 10.9. The molecule has 4 rings (SSSR count). The van der Waals surface area contributed by atoms with Crippen LogP contribution in [0.1, 0.15) is 49.1 Å². The third kappa shape index (κ3) is 6.40. The Kier molecular flexibility index (Phi) is 7.76. The monoisotopic (exact) mass is 424 g/mol. The molecule has 2 atom stereocenters. The van der Waals surface area contributed by atoms with Gasteiger partial charge in [0.15, 0.2) is 5.76 Å². The molecule has 168 valence electrons. The number of hydrogen-bond acceptors (Lipinski definition) is 5. The molecule has 0 spiro atoms. The zero-order valence-corrected chi connectivity index (χ0v) is 18.8. The number of benzene rings is 1. The average Bonchev–Trinajstić information content (AvgIpc) is 3.23. The number of piperidine rings is 2. The van der Waals surface area contributed by atoms with Gasteiger partial charge in [0.25, 0.3) is 0 Å². The summed E-state index contributed by atoms with van der Waals surface area (Å²) in [5.74, 6) is 1.99. The Hall–Kier alpha value is -2.18. The molecular weight excluding hydrogens is 388 g/mol. The molecule has 1 aromatic heterocycles. The van der Waals surface area contributed by atoms with Crippen molar-refractivity contribution in [1.82, 2.24) is 20.3 Å². The van der Waals surface area contributed by atoms with Crippen molar-refractivity contribution in [3.63, 3.8) is 0 Å². The highest BCUT2D eigenvalue weighted by atomic mass is 16.5. The average molecular weight is 425 g/mol. The molecule has 6 heteroatoms. The zero-order chi connectivity index (χ0) is 21.5. The summed E-state index contributed by atoms with van der Waals surface area (Å²) in [7, 11) is 1.91. The first-order valence-corrected chi connectivity index (χ1v) is 11.8. The fourth-order valence-electron chi connectivity index (χ4n) is 4.94. The smallest absolute Gasteiger partial charge is 0.222 e. The second-order valence-corrected chi connectivity index (χ2v) is 9.28. The van der Waals surface area contributed by atoms with Crippen molar-refractivity contribution in [1.29, 1.82) is 0 Å². The lowest BCUT2D eigenvalue weighted by atomic mass is 9.81. The Balaban J connectivity index is 1.30. The van der Waals surface area contributed by atoms with Gasteiger partial charge in [0.2, 0.25) is 5.91 Å². The van der Waals surface area contributed by atoms with Gasteiger partial charge in [-0.05, 0) is 69.3 Å². The number of amides is 1. The number of nitrogens with zero attached hydrogens (tertiary/aromatic N) is 3. The standard InChI is InChI=1S/C25H36N4O2/c1-28(18-20-8-4-2-5-9-20)25(30)15-21-10-11-26-17-22(21)14-23-16-24(31-27-23)19-29-12-6-3-7-13-29/h2,4-5,8-9,16,21-22,26H,3,6-7,10-15,17-19H2,1H3/t21-,22+/m1/s1. The van der Waals surface area contributed by atoms with E-state index in [0.717, 1.165) is 57.0 Å². The molecule has 6 nitrogen and oxygen atoms in total. The van der Waals surface area contributed by atoms with Crippen LogP contribution >= 0.6 is 0 Å². The number of likely N-dealkylation sites (tertiary alicyclic amines) is 1. The van der Waals surface area contributed by atoms with Crippen molar-refractivity contribution >= 4 is 5.91 Å². The molecule has 0 radical (unpaired) electrons. The summed E-state index contributed by atoms with van der Waals surface area (Å²) in [5.41, 5.74) is 2.19. The van der Waals surface area contributed by atoms with Gasteiger partial charge in [0.1, 0.15) is 0 Å². The number of hydrogen-bond donors (Lipinski definition) is 1. The van der Waals surface area contributed by atoms with E-state index in [-0.39, 0.29) is 5.91 Å². The predicted molar refractivity (Wildman–Crippen MR) is 121 cm³/mol. The first kappa shape index (κ1) is 22.0. The van der Waals surface area contributed by atoms with E-state index in [0.29, 0.717) is 24.8 Å². The van der Waals surface area contributed by atoms with Gasteiger partial charge in [-0.2, -0.15) is 0 Å². The summed E-state index contributed by atoms with van der Waals surface area (Å²) in [6.07, 6.45) is 6.42. The first-order chi connectivity index (χ1) is 15.2. The molecule has 2 saturated heterocycles. The third-order valence-electron chi connectivity index (χ3n) is 6.80. The van der Waals surface area contributed by atoms with Crippen molar-refractivity contribution in [3.05, 3.63) is 53.4 Å². The molecule has 2 fully saturated rings. The lowest BCUT2D eigenvalue weighted by molar-refractivity contribution is -0.132. The lowest BCUT2D eigenvalue weighted by Crippen LogP contribution is -2.40. The van der Waals surface area contributed by atoms with Gasteiger partial charge in [0.05, 0.1) is 12.2 Å². The van der Waals surface area contributed by atoms with Crippen LogP contribution in [0.25, 0.3) is 0 Å². The van der Waals surface area contributed by atoms with Crippen LogP contribution in [0.15, 0.2) is 40.9 Å². The fourth-order valence-corrected chi connectivity index (χ4v) is 4.94. The van der Waals surface area contributed by atoms with Crippen LogP contribution in [-0.4, -0.2) is 54.1 Å². The maximum Gasteiger partial charge on any atom is 0.222 e. The van der Waals surface area contributed by atoms with Crippen LogP contribution in [0.5, 0.6) is 0 Å². The second-order valence-electron chi connectivity index (χ2n) is 9.28. The van der Waals surface area contributed by atoms with E-state index in [4.69, 9.17) is 4.52 Å². The minimum absolute atomic E-state index is 0.228. The number of nitrogens with one attached hydrogen (secondary N) is 1. The van der Waals surface area contributed by atoms with Gasteiger partial charge >= 0.3 is 0 Å². The van der Waals surface area contributed by atoms with Gasteiger partial charge in [0, 0.05) is 26.1 Å². The summed E-state index contributed by atoms with van der Waals surface area (Å²) in [4.78, 5) is 17.2. The quantitative estimate of drug-likeness (QED) is 0.703. The maximum absolute atomic E-state index is 12.9. The molecule has 1 N–H and O–H groups in total. The SMILES string of the molecule is CN(Cc1ccccc1)C(=O)C[C@H]1CCNC[C@@H]1Cc1cc(CN2CCCCC2)on1. The molecule has 0 saturated carbocycles. The lowest BCUT2D eigenvalue weighted by Gasteiger charge is -2.32. The number of rotatable bonds is 8. The third-order valence-corrected chi connectivity index (χ3v) is 6.80. The van der Waals surface area contributed by atoms with Gasteiger partial charge in [-0.3, -0.25) is 9.69 Å². The Bertz CT molecular complexity index is 816. The first-order valence-electron chi connectivity index (χ1n) is 11.8. The predicted octanol–water partition coefficient (Wildman–Crippen LogP) is 3.48. The van der Waals surface area contributed by atoms with E-state index in [1.54, 1.807) is 0 Å². The molecule has 2 aromatic rings. The molecule has 1 aromatic carbocycles. The largest absolute Gasteiger partial charge is 0.360 e. The van der Waals surface area contributed by atoms with Gasteiger partial charge < -0.3 is 14.7 Å². The summed E-state index contributed by atoms with van der Waals surface area (Å²) >= 11 is 0. The Morgan fingerprint density at radius 1 is 1.19 bits per heavy atom.